The lowest BCUT2D eigenvalue weighted by molar-refractivity contribution is 0.0757. The van der Waals surface area contributed by atoms with Crippen LogP contribution in [0.15, 0.2) is 42.5 Å². The van der Waals surface area contributed by atoms with Crippen LogP contribution < -0.4 is 14.2 Å². The third-order valence-corrected chi connectivity index (χ3v) is 4.01. The van der Waals surface area contributed by atoms with Crippen LogP contribution in [0.5, 0.6) is 17.2 Å². The summed E-state index contributed by atoms with van der Waals surface area (Å²) >= 11 is 0. The lowest BCUT2D eigenvalue weighted by atomic mass is 10.1. The van der Waals surface area contributed by atoms with Gasteiger partial charge in [-0.2, -0.15) is 0 Å². The number of hydrogen-bond acceptors (Lipinski definition) is 4. The molecule has 2 aromatic carbocycles. The van der Waals surface area contributed by atoms with E-state index in [4.69, 9.17) is 18.9 Å². The molecule has 0 radical (unpaired) electrons. The minimum atomic E-state index is 0.461. The fraction of sp³-hybridized carbons (Fsp3) is 0.364. The second kappa shape index (κ2) is 10.5. The zero-order chi connectivity index (χ0) is 18.8. The number of hydrogen-bond donors (Lipinski definition) is 0. The highest BCUT2D eigenvalue weighted by Gasteiger charge is 2.04. The molecule has 2 rings (SSSR count). The molecule has 0 saturated carbocycles. The zero-order valence-corrected chi connectivity index (χ0v) is 16.1. The third-order valence-electron chi connectivity index (χ3n) is 4.01. The van der Waals surface area contributed by atoms with Crippen LogP contribution in [-0.4, -0.2) is 33.5 Å². The van der Waals surface area contributed by atoms with E-state index in [9.17, 15) is 0 Å². The third kappa shape index (κ3) is 6.12. The molecule has 0 aliphatic rings. The Bertz CT molecular complexity index is 722. The summed E-state index contributed by atoms with van der Waals surface area (Å²) < 4.78 is 22.4. The van der Waals surface area contributed by atoms with E-state index < -0.39 is 0 Å². The molecule has 0 aliphatic heterocycles. The normalized spacial score (nSPS) is 10.9. The van der Waals surface area contributed by atoms with Gasteiger partial charge in [-0.15, -0.1) is 0 Å². The molecule has 0 bridgehead atoms. The quantitative estimate of drug-likeness (QED) is 0.572. The molecular formula is C22H28O4. The Morgan fingerprint density at radius 1 is 0.808 bits per heavy atom. The largest absolute Gasteiger partial charge is 0.493 e. The van der Waals surface area contributed by atoms with Gasteiger partial charge in [0.1, 0.15) is 19.0 Å². The number of methoxy groups -OCH3 is 1. The number of aryl methyl sites for hydroxylation is 2. The summed E-state index contributed by atoms with van der Waals surface area (Å²) in [5, 5.41) is 0. The second-order valence-electron chi connectivity index (χ2n) is 5.97. The van der Waals surface area contributed by atoms with Crippen LogP contribution >= 0.6 is 0 Å². The van der Waals surface area contributed by atoms with Crippen LogP contribution in [-0.2, 0) is 4.74 Å². The monoisotopic (exact) mass is 356 g/mol. The van der Waals surface area contributed by atoms with Crippen molar-refractivity contribution in [3.63, 3.8) is 0 Å². The molecule has 0 saturated heterocycles. The Balaban J connectivity index is 1.66. The standard InChI is InChI=1S/C22H28O4/c1-5-6-19-8-10-21(22(16-19)23-4)26-14-12-24-11-13-25-20-9-7-17(2)18(3)15-20/h5-10,15-16H,11-14H2,1-4H3/b6-5+. The summed E-state index contributed by atoms with van der Waals surface area (Å²) in [6, 6.07) is 12.0. The van der Waals surface area contributed by atoms with Crippen LogP contribution in [0.1, 0.15) is 23.6 Å². The minimum Gasteiger partial charge on any atom is -0.493 e. The van der Waals surface area contributed by atoms with Crippen molar-refractivity contribution in [3.8, 4) is 17.2 Å². The summed E-state index contributed by atoms with van der Waals surface area (Å²) in [5.41, 5.74) is 3.57. The van der Waals surface area contributed by atoms with E-state index in [0.29, 0.717) is 26.4 Å². The van der Waals surface area contributed by atoms with Gasteiger partial charge in [-0.25, -0.2) is 0 Å². The molecule has 0 aromatic heterocycles. The van der Waals surface area contributed by atoms with Crippen molar-refractivity contribution >= 4 is 6.08 Å². The van der Waals surface area contributed by atoms with Crippen LogP contribution in [0.2, 0.25) is 0 Å². The molecule has 4 heteroatoms. The topological polar surface area (TPSA) is 36.9 Å². The van der Waals surface area contributed by atoms with Crippen molar-refractivity contribution in [2.75, 3.05) is 33.5 Å². The van der Waals surface area contributed by atoms with E-state index in [1.165, 1.54) is 11.1 Å². The predicted molar refractivity (Wildman–Crippen MR) is 105 cm³/mol. The minimum absolute atomic E-state index is 0.461. The van der Waals surface area contributed by atoms with Gasteiger partial charge >= 0.3 is 0 Å². The molecule has 0 heterocycles. The molecule has 4 nitrogen and oxygen atoms in total. The molecule has 0 unspecified atom stereocenters. The molecule has 0 atom stereocenters. The maximum atomic E-state index is 5.74. The molecule has 0 fully saturated rings. The maximum absolute atomic E-state index is 5.74. The van der Waals surface area contributed by atoms with Gasteiger partial charge in [0.25, 0.3) is 0 Å². The molecule has 2 aromatic rings. The van der Waals surface area contributed by atoms with Crippen molar-refractivity contribution in [1.82, 2.24) is 0 Å². The molecule has 0 aliphatic carbocycles. The van der Waals surface area contributed by atoms with Crippen LogP contribution in [0.3, 0.4) is 0 Å². The summed E-state index contributed by atoms with van der Waals surface area (Å²) in [6.45, 7) is 8.15. The molecule has 26 heavy (non-hydrogen) atoms. The van der Waals surface area contributed by atoms with Crippen molar-refractivity contribution in [2.24, 2.45) is 0 Å². The predicted octanol–water partition coefficient (Wildman–Crippen LogP) is 4.82. The van der Waals surface area contributed by atoms with Gasteiger partial charge in [-0.1, -0.05) is 24.3 Å². The highest BCUT2D eigenvalue weighted by molar-refractivity contribution is 5.55. The first-order valence-corrected chi connectivity index (χ1v) is 8.85. The molecule has 0 N–H and O–H groups in total. The fourth-order valence-corrected chi connectivity index (χ4v) is 2.43. The van der Waals surface area contributed by atoms with E-state index in [-0.39, 0.29) is 0 Å². The van der Waals surface area contributed by atoms with Crippen molar-refractivity contribution in [1.29, 1.82) is 0 Å². The summed E-state index contributed by atoms with van der Waals surface area (Å²) in [4.78, 5) is 0. The van der Waals surface area contributed by atoms with Gasteiger partial charge in [-0.3, -0.25) is 0 Å². The number of allylic oxidation sites excluding steroid dienone is 1. The van der Waals surface area contributed by atoms with Gasteiger partial charge < -0.3 is 18.9 Å². The van der Waals surface area contributed by atoms with E-state index in [0.717, 1.165) is 22.8 Å². The number of ether oxygens (including phenoxy) is 4. The fourth-order valence-electron chi connectivity index (χ4n) is 2.43. The molecule has 0 amide bonds. The molecule has 140 valence electrons. The summed E-state index contributed by atoms with van der Waals surface area (Å²) in [6.07, 6.45) is 4.01. The lowest BCUT2D eigenvalue weighted by Gasteiger charge is -2.12. The Kier molecular flexibility index (Phi) is 8.03. The van der Waals surface area contributed by atoms with Gasteiger partial charge in [0.2, 0.25) is 0 Å². The first-order chi connectivity index (χ1) is 12.6. The Labute approximate surface area is 156 Å². The SMILES string of the molecule is C/C=C/c1ccc(OCCOCCOc2ccc(C)c(C)c2)c(OC)c1. The molecular weight excluding hydrogens is 328 g/mol. The lowest BCUT2D eigenvalue weighted by Crippen LogP contribution is -2.12. The van der Waals surface area contributed by atoms with Gasteiger partial charge in [0.15, 0.2) is 11.5 Å². The smallest absolute Gasteiger partial charge is 0.161 e. The van der Waals surface area contributed by atoms with Gasteiger partial charge in [-0.05, 0) is 61.7 Å². The Morgan fingerprint density at radius 3 is 2.27 bits per heavy atom. The average Bonchev–Trinajstić information content (AvgIpc) is 2.64. The van der Waals surface area contributed by atoms with Gasteiger partial charge in [0, 0.05) is 0 Å². The first-order valence-electron chi connectivity index (χ1n) is 8.85. The highest BCUT2D eigenvalue weighted by Crippen LogP contribution is 2.28. The maximum Gasteiger partial charge on any atom is 0.161 e. The van der Waals surface area contributed by atoms with E-state index in [1.54, 1.807) is 7.11 Å². The van der Waals surface area contributed by atoms with E-state index in [2.05, 4.69) is 19.9 Å². The van der Waals surface area contributed by atoms with Crippen molar-refractivity contribution in [3.05, 3.63) is 59.2 Å². The Hall–Kier alpha value is -2.46. The van der Waals surface area contributed by atoms with Crippen LogP contribution in [0, 0.1) is 13.8 Å². The first kappa shape index (κ1) is 19.9. The van der Waals surface area contributed by atoms with Crippen molar-refractivity contribution in [2.45, 2.75) is 20.8 Å². The average molecular weight is 356 g/mol. The van der Waals surface area contributed by atoms with Crippen LogP contribution in [0.25, 0.3) is 6.08 Å². The van der Waals surface area contributed by atoms with Crippen LogP contribution in [0.4, 0.5) is 0 Å². The number of rotatable bonds is 10. The second-order valence-corrected chi connectivity index (χ2v) is 5.97. The van der Waals surface area contributed by atoms with E-state index >= 15 is 0 Å². The highest BCUT2D eigenvalue weighted by atomic mass is 16.6. The van der Waals surface area contributed by atoms with Gasteiger partial charge in [0.05, 0.1) is 20.3 Å². The van der Waals surface area contributed by atoms with Crippen molar-refractivity contribution < 1.29 is 18.9 Å². The van der Waals surface area contributed by atoms with E-state index in [1.807, 2.05) is 49.4 Å². The zero-order valence-electron chi connectivity index (χ0n) is 16.1. The Morgan fingerprint density at radius 2 is 1.58 bits per heavy atom. The number of benzene rings is 2. The summed E-state index contributed by atoms with van der Waals surface area (Å²) in [5.74, 6) is 2.31. The summed E-state index contributed by atoms with van der Waals surface area (Å²) in [7, 11) is 1.64. The molecule has 0 spiro atoms.